The zero-order chi connectivity index (χ0) is 14.7. The molecule has 106 valence electrons. The van der Waals surface area contributed by atoms with Crippen molar-refractivity contribution in [2.75, 3.05) is 7.05 Å². The summed E-state index contributed by atoms with van der Waals surface area (Å²) in [7, 11) is 1.65. The van der Waals surface area contributed by atoms with E-state index in [9.17, 15) is 9.59 Å². The Morgan fingerprint density at radius 2 is 2.15 bits per heavy atom. The van der Waals surface area contributed by atoms with Crippen LogP contribution >= 0.6 is 23.2 Å². The molecule has 0 bridgehead atoms. The molecule has 0 aliphatic carbocycles. The van der Waals surface area contributed by atoms with Crippen LogP contribution in [0.1, 0.15) is 18.4 Å². The summed E-state index contributed by atoms with van der Waals surface area (Å²) in [6.45, 7) is 0.325. The summed E-state index contributed by atoms with van der Waals surface area (Å²) in [4.78, 5) is 24.7. The number of halogens is 2. The van der Waals surface area contributed by atoms with Gasteiger partial charge in [-0.1, -0.05) is 35.3 Å². The van der Waals surface area contributed by atoms with Gasteiger partial charge in [-0.05, 0) is 11.6 Å². The highest BCUT2D eigenvalue weighted by atomic mass is 35.5. The maximum absolute atomic E-state index is 12.2. The summed E-state index contributed by atoms with van der Waals surface area (Å²) in [6.07, 6.45) is 0.620. The van der Waals surface area contributed by atoms with Crippen molar-refractivity contribution in [2.45, 2.75) is 19.4 Å². The molecule has 7 heteroatoms. The predicted octanol–water partition coefficient (Wildman–Crippen LogP) is 2.22. The maximum Gasteiger partial charge on any atom is 0.270 e. The van der Waals surface area contributed by atoms with Gasteiger partial charge in [-0.15, -0.1) is 0 Å². The topological polar surface area (TPSA) is 61.8 Å². The van der Waals surface area contributed by atoms with Crippen LogP contribution in [0.4, 0.5) is 0 Å². The van der Waals surface area contributed by atoms with Crippen molar-refractivity contribution in [1.82, 2.24) is 10.3 Å². The number of hydrogen-bond donors (Lipinski definition) is 1. The number of amides is 2. The van der Waals surface area contributed by atoms with E-state index in [-0.39, 0.29) is 18.2 Å². The van der Waals surface area contributed by atoms with E-state index in [0.29, 0.717) is 28.7 Å². The van der Waals surface area contributed by atoms with Gasteiger partial charge < -0.3 is 4.90 Å². The number of carbonyl (C=O) groups excluding carboxylic acids is 2. The van der Waals surface area contributed by atoms with E-state index in [4.69, 9.17) is 23.2 Å². The Morgan fingerprint density at radius 3 is 2.80 bits per heavy atom. The number of nitrogens with one attached hydrogen (secondary N) is 1. The van der Waals surface area contributed by atoms with E-state index in [1.807, 2.05) is 6.07 Å². The minimum Gasteiger partial charge on any atom is -0.336 e. The van der Waals surface area contributed by atoms with Crippen LogP contribution in [0.5, 0.6) is 0 Å². The van der Waals surface area contributed by atoms with Gasteiger partial charge in [0.05, 0.1) is 10.0 Å². The summed E-state index contributed by atoms with van der Waals surface area (Å²) in [5, 5.41) is 4.67. The van der Waals surface area contributed by atoms with Gasteiger partial charge in [0.25, 0.3) is 5.91 Å². The van der Waals surface area contributed by atoms with Crippen LogP contribution in [0.3, 0.4) is 0 Å². The first-order chi connectivity index (χ1) is 9.49. The summed E-state index contributed by atoms with van der Waals surface area (Å²) in [5.41, 5.74) is 3.40. The quantitative estimate of drug-likeness (QED) is 0.930. The Bertz CT molecular complexity index is 587. The van der Waals surface area contributed by atoms with Crippen LogP contribution in [0.15, 0.2) is 23.3 Å². The highest BCUT2D eigenvalue weighted by Gasteiger charge is 2.22. The van der Waals surface area contributed by atoms with E-state index in [2.05, 4.69) is 10.5 Å². The van der Waals surface area contributed by atoms with Gasteiger partial charge in [0.15, 0.2) is 0 Å². The SMILES string of the molecule is CN(Cc1cccc(Cl)c1Cl)C(=O)C1=NNC(=O)CC1. The van der Waals surface area contributed by atoms with Crippen molar-refractivity contribution in [3.8, 4) is 0 Å². The minimum atomic E-state index is -0.235. The van der Waals surface area contributed by atoms with Crippen molar-refractivity contribution >= 4 is 40.7 Å². The fourth-order valence-electron chi connectivity index (χ4n) is 1.85. The van der Waals surface area contributed by atoms with Crippen molar-refractivity contribution in [2.24, 2.45) is 5.10 Å². The second kappa shape index (κ2) is 6.24. The van der Waals surface area contributed by atoms with Crippen molar-refractivity contribution in [1.29, 1.82) is 0 Å². The van der Waals surface area contributed by atoms with E-state index in [0.717, 1.165) is 5.56 Å². The molecule has 1 aromatic carbocycles. The first kappa shape index (κ1) is 14.8. The van der Waals surface area contributed by atoms with Crippen LogP contribution in [0.25, 0.3) is 0 Å². The molecular weight excluding hydrogens is 301 g/mol. The molecule has 5 nitrogen and oxygen atoms in total. The van der Waals surface area contributed by atoms with Gasteiger partial charge in [0.2, 0.25) is 5.91 Å². The molecule has 0 saturated heterocycles. The smallest absolute Gasteiger partial charge is 0.270 e. The lowest BCUT2D eigenvalue weighted by Crippen LogP contribution is -2.37. The van der Waals surface area contributed by atoms with Gasteiger partial charge >= 0.3 is 0 Å². The Hall–Kier alpha value is -1.59. The Morgan fingerprint density at radius 1 is 1.40 bits per heavy atom. The van der Waals surface area contributed by atoms with E-state index >= 15 is 0 Å². The van der Waals surface area contributed by atoms with Gasteiger partial charge in [0.1, 0.15) is 5.71 Å². The van der Waals surface area contributed by atoms with Crippen LogP contribution in [-0.2, 0) is 16.1 Å². The molecule has 0 unspecified atom stereocenters. The van der Waals surface area contributed by atoms with Crippen LogP contribution in [0, 0.1) is 0 Å². The molecule has 0 saturated carbocycles. The number of hydrogen-bond acceptors (Lipinski definition) is 3. The molecule has 20 heavy (non-hydrogen) atoms. The summed E-state index contributed by atoms with van der Waals surface area (Å²) in [5.74, 6) is -0.414. The molecule has 1 aliphatic heterocycles. The third-order valence-corrected chi connectivity index (χ3v) is 3.80. The fourth-order valence-corrected chi connectivity index (χ4v) is 2.23. The van der Waals surface area contributed by atoms with Gasteiger partial charge in [-0.25, -0.2) is 5.43 Å². The van der Waals surface area contributed by atoms with Crippen LogP contribution in [-0.4, -0.2) is 29.5 Å². The normalized spacial score (nSPS) is 14.6. The molecule has 1 N–H and O–H groups in total. The van der Waals surface area contributed by atoms with E-state index in [1.54, 1.807) is 19.2 Å². The second-order valence-corrected chi connectivity index (χ2v) is 5.25. The molecular formula is C13H13Cl2N3O2. The molecule has 0 spiro atoms. The second-order valence-electron chi connectivity index (χ2n) is 4.47. The molecule has 1 aliphatic rings. The third-order valence-electron chi connectivity index (χ3n) is 2.94. The predicted molar refractivity (Wildman–Crippen MR) is 77.7 cm³/mol. The largest absolute Gasteiger partial charge is 0.336 e. The standard InChI is InChI=1S/C13H13Cl2N3O2/c1-18(7-8-3-2-4-9(14)12(8)15)13(20)10-5-6-11(19)17-16-10/h2-4H,5-7H2,1H3,(H,17,19). The van der Waals surface area contributed by atoms with Crippen molar-refractivity contribution in [3.05, 3.63) is 33.8 Å². The van der Waals surface area contributed by atoms with E-state index in [1.165, 1.54) is 4.90 Å². The number of rotatable bonds is 3. The molecule has 0 aromatic heterocycles. The lowest BCUT2D eigenvalue weighted by atomic mass is 10.1. The molecule has 0 fully saturated rings. The highest BCUT2D eigenvalue weighted by molar-refractivity contribution is 6.42. The number of hydrazone groups is 1. The van der Waals surface area contributed by atoms with Gasteiger partial charge in [0, 0.05) is 26.4 Å². The molecule has 0 atom stereocenters. The lowest BCUT2D eigenvalue weighted by molar-refractivity contribution is -0.124. The zero-order valence-electron chi connectivity index (χ0n) is 10.8. The van der Waals surface area contributed by atoms with Gasteiger partial charge in [-0.3, -0.25) is 9.59 Å². The Balaban J connectivity index is 2.08. The number of benzene rings is 1. The highest BCUT2D eigenvalue weighted by Crippen LogP contribution is 2.26. The lowest BCUT2D eigenvalue weighted by Gasteiger charge is -2.20. The van der Waals surface area contributed by atoms with Crippen LogP contribution < -0.4 is 5.43 Å². The average Bonchev–Trinajstić information content (AvgIpc) is 2.44. The van der Waals surface area contributed by atoms with E-state index < -0.39 is 0 Å². The number of carbonyl (C=O) groups is 2. The Labute approximate surface area is 126 Å². The molecule has 1 aromatic rings. The summed E-state index contributed by atoms with van der Waals surface area (Å²) < 4.78 is 0. The third kappa shape index (κ3) is 3.29. The van der Waals surface area contributed by atoms with Gasteiger partial charge in [-0.2, -0.15) is 5.10 Å². The molecule has 2 amide bonds. The van der Waals surface area contributed by atoms with Crippen molar-refractivity contribution < 1.29 is 9.59 Å². The molecule has 0 radical (unpaired) electrons. The first-order valence-electron chi connectivity index (χ1n) is 6.03. The first-order valence-corrected chi connectivity index (χ1v) is 6.78. The molecule has 1 heterocycles. The zero-order valence-corrected chi connectivity index (χ0v) is 12.3. The monoisotopic (exact) mass is 313 g/mol. The Kier molecular flexibility index (Phi) is 4.62. The van der Waals surface area contributed by atoms with Crippen molar-refractivity contribution in [3.63, 3.8) is 0 Å². The number of nitrogens with zero attached hydrogens (tertiary/aromatic N) is 2. The summed E-state index contributed by atoms with van der Waals surface area (Å²) in [6, 6.07) is 5.28. The summed E-state index contributed by atoms with van der Waals surface area (Å²) >= 11 is 12.0. The van der Waals surface area contributed by atoms with Crippen LogP contribution in [0.2, 0.25) is 10.0 Å². The minimum absolute atomic E-state index is 0.179. The maximum atomic E-state index is 12.2. The average molecular weight is 314 g/mol. The molecule has 2 rings (SSSR count). The fraction of sp³-hybridized carbons (Fsp3) is 0.308.